The van der Waals surface area contributed by atoms with Crippen LogP contribution in [0.5, 0.6) is 5.75 Å². The third-order valence-electron chi connectivity index (χ3n) is 6.77. The summed E-state index contributed by atoms with van der Waals surface area (Å²) < 4.78 is 27.0. The second-order valence-electron chi connectivity index (χ2n) is 9.60. The molecule has 0 amide bonds. The molecule has 0 spiro atoms. The minimum atomic E-state index is -0.909. The molecule has 3 aromatic carbocycles. The number of ether oxygens (including phenoxy) is 2. The van der Waals surface area contributed by atoms with Crippen LogP contribution in [0.4, 0.5) is 4.39 Å². The van der Waals surface area contributed by atoms with Crippen molar-refractivity contribution in [3.63, 3.8) is 0 Å². The fraction of sp³-hybridized carbons (Fsp3) is 0.367. The summed E-state index contributed by atoms with van der Waals surface area (Å²) in [5.41, 5.74) is 10.5. The van der Waals surface area contributed by atoms with E-state index in [1.165, 1.54) is 0 Å². The Balaban J connectivity index is 1.62. The van der Waals surface area contributed by atoms with Crippen LogP contribution >= 0.6 is 0 Å². The van der Waals surface area contributed by atoms with E-state index < -0.39 is 12.0 Å². The van der Waals surface area contributed by atoms with Crippen LogP contribution in [-0.4, -0.2) is 24.3 Å². The van der Waals surface area contributed by atoms with Crippen LogP contribution in [-0.2, 0) is 29.0 Å². The average Bonchev–Trinajstić information content (AvgIpc) is 2.87. The summed E-state index contributed by atoms with van der Waals surface area (Å²) in [5.74, 6) is -0.0389. The first kappa shape index (κ1) is 25.9. The zero-order chi connectivity index (χ0) is 25.5. The van der Waals surface area contributed by atoms with Crippen molar-refractivity contribution in [3.8, 4) is 16.9 Å². The van der Waals surface area contributed by atoms with Gasteiger partial charge in [0.15, 0.2) is 0 Å². The molecular weight excluding hydrogens is 457 g/mol. The standard InChI is InChI=1S/C30H34FNO4/c1-20(32)26-6-4-7-27(30(26)31)25-16-22(10-9-21-11-13-35-14-12-21)15-23(17-25)19-36-28-8-3-2-5-24(28)18-29(33)34/h2-8,15-17,20-21H,9-14,18-19,32H2,1H3,(H,33,34)/t20-/m1/s1. The number of carbonyl (C=O) groups is 1. The molecule has 0 unspecified atom stereocenters. The van der Waals surface area contributed by atoms with Gasteiger partial charge < -0.3 is 20.3 Å². The van der Waals surface area contributed by atoms with Crippen LogP contribution in [0.3, 0.4) is 0 Å². The summed E-state index contributed by atoms with van der Waals surface area (Å²) in [4.78, 5) is 11.2. The van der Waals surface area contributed by atoms with E-state index in [0.717, 1.165) is 55.6 Å². The number of hydrogen-bond donors (Lipinski definition) is 2. The number of nitrogens with two attached hydrogens (primary N) is 1. The first-order valence-electron chi connectivity index (χ1n) is 12.6. The number of carboxylic acid groups (broad SMARTS) is 1. The van der Waals surface area contributed by atoms with Gasteiger partial charge in [-0.05, 0) is 67.3 Å². The van der Waals surface area contributed by atoms with Gasteiger partial charge in [0.2, 0.25) is 0 Å². The van der Waals surface area contributed by atoms with Crippen LogP contribution in [0.2, 0.25) is 0 Å². The molecule has 1 atom stereocenters. The molecule has 6 heteroatoms. The van der Waals surface area contributed by atoms with E-state index >= 15 is 4.39 Å². The van der Waals surface area contributed by atoms with Gasteiger partial charge in [0.05, 0.1) is 6.42 Å². The highest BCUT2D eigenvalue weighted by Crippen LogP contribution is 2.31. The molecule has 3 aromatic rings. The first-order chi connectivity index (χ1) is 17.4. The van der Waals surface area contributed by atoms with Crippen molar-refractivity contribution in [1.82, 2.24) is 0 Å². The summed E-state index contributed by atoms with van der Waals surface area (Å²) in [6.45, 7) is 3.66. The van der Waals surface area contributed by atoms with Gasteiger partial charge in [-0.15, -0.1) is 0 Å². The Morgan fingerprint density at radius 1 is 1.11 bits per heavy atom. The van der Waals surface area contributed by atoms with Gasteiger partial charge in [-0.2, -0.15) is 0 Å². The molecule has 3 N–H and O–H groups in total. The molecule has 0 bridgehead atoms. The molecule has 1 aliphatic heterocycles. The number of benzene rings is 3. The van der Waals surface area contributed by atoms with Gasteiger partial charge >= 0.3 is 5.97 Å². The minimum absolute atomic E-state index is 0.109. The van der Waals surface area contributed by atoms with Crippen molar-refractivity contribution in [2.75, 3.05) is 13.2 Å². The predicted octanol–water partition coefficient (Wildman–Crippen LogP) is 6.08. The fourth-order valence-corrected chi connectivity index (χ4v) is 4.79. The second kappa shape index (κ2) is 12.2. The summed E-state index contributed by atoms with van der Waals surface area (Å²) in [6.07, 6.45) is 3.97. The molecule has 0 aromatic heterocycles. The Hall–Kier alpha value is -3.22. The van der Waals surface area contributed by atoms with E-state index in [1.54, 1.807) is 37.3 Å². The fourth-order valence-electron chi connectivity index (χ4n) is 4.79. The molecule has 1 aliphatic rings. The normalized spacial score (nSPS) is 15.0. The van der Waals surface area contributed by atoms with Crippen LogP contribution < -0.4 is 10.5 Å². The Kier molecular flexibility index (Phi) is 8.73. The highest BCUT2D eigenvalue weighted by Gasteiger charge is 2.17. The van der Waals surface area contributed by atoms with Gasteiger partial charge in [0.25, 0.3) is 0 Å². The number of rotatable bonds is 10. The van der Waals surface area contributed by atoms with Gasteiger partial charge in [0.1, 0.15) is 18.2 Å². The van der Waals surface area contributed by atoms with E-state index in [9.17, 15) is 9.90 Å². The van der Waals surface area contributed by atoms with E-state index in [2.05, 4.69) is 12.1 Å². The predicted molar refractivity (Wildman–Crippen MR) is 138 cm³/mol. The Morgan fingerprint density at radius 2 is 1.86 bits per heavy atom. The third kappa shape index (κ3) is 6.71. The summed E-state index contributed by atoms with van der Waals surface area (Å²) in [6, 6.07) is 18.2. The zero-order valence-corrected chi connectivity index (χ0v) is 20.7. The maximum atomic E-state index is 15.4. The van der Waals surface area contributed by atoms with Crippen molar-refractivity contribution in [3.05, 3.63) is 88.7 Å². The van der Waals surface area contributed by atoms with Crippen LogP contribution in [0.25, 0.3) is 11.1 Å². The lowest BCUT2D eigenvalue weighted by Gasteiger charge is -2.22. The van der Waals surface area contributed by atoms with Gasteiger partial charge in [-0.1, -0.05) is 48.5 Å². The molecular formula is C30H34FNO4. The number of halogens is 1. The maximum absolute atomic E-state index is 15.4. The molecule has 36 heavy (non-hydrogen) atoms. The molecule has 190 valence electrons. The molecule has 0 aliphatic carbocycles. The molecule has 0 radical (unpaired) electrons. The van der Waals surface area contributed by atoms with Gasteiger partial charge in [-0.25, -0.2) is 4.39 Å². The highest BCUT2D eigenvalue weighted by atomic mass is 19.1. The van der Waals surface area contributed by atoms with Crippen LogP contribution in [0.15, 0.2) is 60.7 Å². The van der Waals surface area contributed by atoms with Crippen LogP contribution in [0.1, 0.15) is 54.5 Å². The second-order valence-corrected chi connectivity index (χ2v) is 9.60. The van der Waals surface area contributed by atoms with Crippen molar-refractivity contribution < 1.29 is 23.8 Å². The molecule has 1 heterocycles. The smallest absolute Gasteiger partial charge is 0.307 e. The van der Waals surface area contributed by atoms with E-state index in [4.69, 9.17) is 15.2 Å². The van der Waals surface area contributed by atoms with Gasteiger partial charge in [-0.3, -0.25) is 4.79 Å². The zero-order valence-electron chi connectivity index (χ0n) is 20.7. The largest absolute Gasteiger partial charge is 0.489 e. The average molecular weight is 492 g/mol. The van der Waals surface area contributed by atoms with Crippen molar-refractivity contribution in [2.24, 2.45) is 11.7 Å². The minimum Gasteiger partial charge on any atom is -0.489 e. The Morgan fingerprint density at radius 3 is 2.61 bits per heavy atom. The molecule has 1 saturated heterocycles. The van der Waals surface area contributed by atoms with Gasteiger partial charge in [0, 0.05) is 35.9 Å². The number of carboxylic acids is 1. The van der Waals surface area contributed by atoms with Crippen molar-refractivity contribution >= 4 is 5.97 Å². The topological polar surface area (TPSA) is 81.8 Å². The van der Waals surface area contributed by atoms with E-state index in [0.29, 0.717) is 28.4 Å². The lowest BCUT2D eigenvalue weighted by molar-refractivity contribution is -0.136. The first-order valence-corrected chi connectivity index (χ1v) is 12.6. The highest BCUT2D eigenvalue weighted by molar-refractivity contribution is 5.71. The lowest BCUT2D eigenvalue weighted by atomic mass is 9.90. The van der Waals surface area contributed by atoms with Crippen molar-refractivity contribution in [1.29, 1.82) is 0 Å². The Bertz CT molecular complexity index is 1190. The summed E-state index contributed by atoms with van der Waals surface area (Å²) in [5, 5.41) is 9.22. The number of aliphatic carboxylic acids is 1. The monoisotopic (exact) mass is 491 g/mol. The lowest BCUT2D eigenvalue weighted by Crippen LogP contribution is -2.16. The van der Waals surface area contributed by atoms with E-state index in [-0.39, 0.29) is 18.8 Å². The molecule has 4 rings (SSSR count). The number of aryl methyl sites for hydroxylation is 1. The van der Waals surface area contributed by atoms with Crippen molar-refractivity contribution in [2.45, 2.75) is 51.7 Å². The summed E-state index contributed by atoms with van der Waals surface area (Å²) >= 11 is 0. The molecule has 5 nitrogen and oxygen atoms in total. The summed E-state index contributed by atoms with van der Waals surface area (Å²) in [7, 11) is 0. The molecule has 0 saturated carbocycles. The Labute approximate surface area is 212 Å². The SMILES string of the molecule is C[C@@H](N)c1cccc(-c2cc(CCC3CCOCC3)cc(COc3ccccc3CC(=O)O)c2)c1F. The number of hydrogen-bond acceptors (Lipinski definition) is 4. The maximum Gasteiger partial charge on any atom is 0.307 e. The van der Waals surface area contributed by atoms with Crippen LogP contribution in [0, 0.1) is 11.7 Å². The van der Waals surface area contributed by atoms with E-state index in [1.807, 2.05) is 18.2 Å². The third-order valence-corrected chi connectivity index (χ3v) is 6.77. The molecule has 1 fully saturated rings. The number of para-hydroxylation sites is 1. The quantitative estimate of drug-likeness (QED) is 0.359.